The minimum atomic E-state index is 0.717. The van der Waals surface area contributed by atoms with Crippen molar-refractivity contribution < 1.29 is 0 Å². The molecule has 2 N–H and O–H groups in total. The second-order valence-electron chi connectivity index (χ2n) is 4.71. The third-order valence-electron chi connectivity index (χ3n) is 3.42. The zero-order chi connectivity index (χ0) is 12.4. The standard InChI is InChI=1S/C15H17N3/c16-13-9-14(11-17-10-13)18-8-4-3-6-12-5-1-2-7-15(12)18/h1-2,5,7,9-11H,3-4,6,8,16H2. The maximum Gasteiger partial charge on any atom is 0.0617 e. The highest BCUT2D eigenvalue weighted by atomic mass is 15.1. The van der Waals surface area contributed by atoms with Gasteiger partial charge < -0.3 is 10.6 Å². The molecule has 0 radical (unpaired) electrons. The van der Waals surface area contributed by atoms with E-state index < -0.39 is 0 Å². The van der Waals surface area contributed by atoms with Crippen LogP contribution in [0.15, 0.2) is 42.7 Å². The summed E-state index contributed by atoms with van der Waals surface area (Å²) in [6.07, 6.45) is 7.17. The van der Waals surface area contributed by atoms with E-state index in [0.717, 1.165) is 18.7 Å². The normalized spacial score (nSPS) is 15.0. The molecule has 2 heterocycles. The van der Waals surface area contributed by atoms with Crippen LogP contribution in [-0.4, -0.2) is 11.5 Å². The maximum absolute atomic E-state index is 5.84. The SMILES string of the molecule is Nc1cncc(N2CCCCc3ccccc32)c1. The highest BCUT2D eigenvalue weighted by molar-refractivity contribution is 5.68. The van der Waals surface area contributed by atoms with Crippen LogP contribution in [0.3, 0.4) is 0 Å². The van der Waals surface area contributed by atoms with Gasteiger partial charge in [0.1, 0.15) is 0 Å². The molecule has 0 atom stereocenters. The second kappa shape index (κ2) is 4.69. The number of rotatable bonds is 1. The molecule has 92 valence electrons. The van der Waals surface area contributed by atoms with Crippen molar-refractivity contribution in [1.82, 2.24) is 4.98 Å². The third-order valence-corrected chi connectivity index (χ3v) is 3.42. The fraction of sp³-hybridized carbons (Fsp3) is 0.267. The quantitative estimate of drug-likeness (QED) is 0.831. The Labute approximate surface area is 107 Å². The number of nitrogen functional groups attached to an aromatic ring is 1. The summed E-state index contributed by atoms with van der Waals surface area (Å²) in [7, 11) is 0. The molecule has 0 spiro atoms. The summed E-state index contributed by atoms with van der Waals surface area (Å²) in [5, 5.41) is 0. The monoisotopic (exact) mass is 239 g/mol. The van der Waals surface area contributed by atoms with E-state index in [2.05, 4.69) is 34.1 Å². The van der Waals surface area contributed by atoms with Crippen molar-refractivity contribution in [1.29, 1.82) is 0 Å². The number of para-hydroxylation sites is 1. The average molecular weight is 239 g/mol. The average Bonchev–Trinajstić information content (AvgIpc) is 2.61. The highest BCUT2D eigenvalue weighted by Gasteiger charge is 2.16. The van der Waals surface area contributed by atoms with Gasteiger partial charge in [-0.3, -0.25) is 4.98 Å². The van der Waals surface area contributed by atoms with Crippen molar-refractivity contribution in [3.8, 4) is 0 Å². The van der Waals surface area contributed by atoms with Crippen LogP contribution in [0.5, 0.6) is 0 Å². The number of pyridine rings is 1. The molecule has 1 aromatic carbocycles. The molecule has 0 aliphatic carbocycles. The lowest BCUT2D eigenvalue weighted by Crippen LogP contribution is -2.18. The number of aryl methyl sites for hydroxylation is 1. The van der Waals surface area contributed by atoms with Gasteiger partial charge in [0.15, 0.2) is 0 Å². The number of anilines is 3. The summed E-state index contributed by atoms with van der Waals surface area (Å²) in [5.74, 6) is 0. The second-order valence-corrected chi connectivity index (χ2v) is 4.71. The first-order valence-corrected chi connectivity index (χ1v) is 6.40. The summed E-state index contributed by atoms with van der Waals surface area (Å²) in [6.45, 7) is 1.03. The van der Waals surface area contributed by atoms with Crippen LogP contribution in [0.2, 0.25) is 0 Å². The minimum absolute atomic E-state index is 0.717. The van der Waals surface area contributed by atoms with Crippen molar-refractivity contribution in [2.45, 2.75) is 19.3 Å². The minimum Gasteiger partial charge on any atom is -0.397 e. The summed E-state index contributed by atoms with van der Waals surface area (Å²) in [4.78, 5) is 6.52. The van der Waals surface area contributed by atoms with Crippen LogP contribution in [0.1, 0.15) is 18.4 Å². The largest absolute Gasteiger partial charge is 0.397 e. The summed E-state index contributed by atoms with van der Waals surface area (Å²) < 4.78 is 0. The number of nitrogens with zero attached hydrogens (tertiary/aromatic N) is 2. The van der Waals surface area contributed by atoms with Crippen molar-refractivity contribution in [3.63, 3.8) is 0 Å². The number of fused-ring (bicyclic) bond motifs is 1. The Morgan fingerprint density at radius 3 is 2.89 bits per heavy atom. The van der Waals surface area contributed by atoms with Gasteiger partial charge in [0.05, 0.1) is 17.6 Å². The molecule has 0 amide bonds. The number of hydrogen-bond donors (Lipinski definition) is 1. The summed E-state index contributed by atoms with van der Waals surface area (Å²) in [6, 6.07) is 10.6. The van der Waals surface area contributed by atoms with E-state index in [1.54, 1.807) is 6.20 Å². The van der Waals surface area contributed by atoms with Gasteiger partial charge in [0.25, 0.3) is 0 Å². The van der Waals surface area contributed by atoms with Gasteiger partial charge in [-0.1, -0.05) is 18.2 Å². The number of benzene rings is 1. The Hall–Kier alpha value is -2.03. The Kier molecular flexibility index (Phi) is 2.89. The first-order valence-electron chi connectivity index (χ1n) is 6.40. The van der Waals surface area contributed by atoms with Crippen LogP contribution >= 0.6 is 0 Å². The molecule has 0 fully saturated rings. The first kappa shape index (κ1) is 11.1. The van der Waals surface area contributed by atoms with Gasteiger partial charge in [-0.2, -0.15) is 0 Å². The van der Waals surface area contributed by atoms with Crippen molar-refractivity contribution >= 4 is 17.1 Å². The predicted octanol–water partition coefficient (Wildman–Crippen LogP) is 3.14. The molecule has 1 aliphatic heterocycles. The van der Waals surface area contributed by atoms with Gasteiger partial charge in [-0.05, 0) is 37.0 Å². The van der Waals surface area contributed by atoms with E-state index in [9.17, 15) is 0 Å². The number of aromatic nitrogens is 1. The molecular weight excluding hydrogens is 222 g/mol. The van der Waals surface area contributed by atoms with Crippen molar-refractivity contribution in [2.75, 3.05) is 17.2 Å². The van der Waals surface area contributed by atoms with Gasteiger partial charge in [0.2, 0.25) is 0 Å². The number of nitrogens with two attached hydrogens (primary N) is 1. The van der Waals surface area contributed by atoms with E-state index in [1.165, 1.54) is 24.1 Å². The fourth-order valence-corrected chi connectivity index (χ4v) is 2.55. The lowest BCUT2D eigenvalue weighted by atomic mass is 10.1. The highest BCUT2D eigenvalue weighted by Crippen LogP contribution is 2.32. The predicted molar refractivity (Wildman–Crippen MR) is 75.0 cm³/mol. The first-order chi connectivity index (χ1) is 8.84. The zero-order valence-corrected chi connectivity index (χ0v) is 10.3. The van der Waals surface area contributed by atoms with Gasteiger partial charge in [0, 0.05) is 18.4 Å². The van der Waals surface area contributed by atoms with E-state index >= 15 is 0 Å². The van der Waals surface area contributed by atoms with Crippen LogP contribution in [-0.2, 0) is 6.42 Å². The van der Waals surface area contributed by atoms with Crippen molar-refractivity contribution in [2.24, 2.45) is 0 Å². The Morgan fingerprint density at radius 1 is 1.11 bits per heavy atom. The Morgan fingerprint density at radius 2 is 2.00 bits per heavy atom. The smallest absolute Gasteiger partial charge is 0.0617 e. The van der Waals surface area contributed by atoms with E-state index in [0.29, 0.717) is 5.69 Å². The summed E-state index contributed by atoms with van der Waals surface area (Å²) >= 11 is 0. The lowest BCUT2D eigenvalue weighted by Gasteiger charge is -2.24. The molecular formula is C15H17N3. The molecule has 2 aromatic rings. The molecule has 0 saturated heterocycles. The molecule has 3 heteroatoms. The van der Waals surface area contributed by atoms with Gasteiger partial charge in [-0.15, -0.1) is 0 Å². The van der Waals surface area contributed by atoms with Crippen LogP contribution < -0.4 is 10.6 Å². The van der Waals surface area contributed by atoms with E-state index in [1.807, 2.05) is 12.3 Å². The lowest BCUT2D eigenvalue weighted by molar-refractivity contribution is 0.760. The molecule has 0 bridgehead atoms. The van der Waals surface area contributed by atoms with Crippen molar-refractivity contribution in [3.05, 3.63) is 48.3 Å². The summed E-state index contributed by atoms with van der Waals surface area (Å²) in [5.41, 5.74) is 10.3. The van der Waals surface area contributed by atoms with E-state index in [-0.39, 0.29) is 0 Å². The van der Waals surface area contributed by atoms with Crippen LogP contribution in [0.4, 0.5) is 17.1 Å². The Balaban J connectivity index is 2.06. The molecule has 0 saturated carbocycles. The molecule has 1 aliphatic rings. The van der Waals surface area contributed by atoms with Gasteiger partial charge in [-0.25, -0.2) is 0 Å². The van der Waals surface area contributed by atoms with Crippen LogP contribution in [0, 0.1) is 0 Å². The molecule has 0 unspecified atom stereocenters. The zero-order valence-electron chi connectivity index (χ0n) is 10.3. The van der Waals surface area contributed by atoms with E-state index in [4.69, 9.17) is 5.73 Å². The number of hydrogen-bond acceptors (Lipinski definition) is 3. The molecule has 18 heavy (non-hydrogen) atoms. The van der Waals surface area contributed by atoms with Crippen LogP contribution in [0.25, 0.3) is 0 Å². The maximum atomic E-state index is 5.84. The fourth-order valence-electron chi connectivity index (χ4n) is 2.55. The third kappa shape index (κ3) is 2.04. The molecule has 3 rings (SSSR count). The van der Waals surface area contributed by atoms with Gasteiger partial charge >= 0.3 is 0 Å². The topological polar surface area (TPSA) is 42.1 Å². The molecule has 1 aromatic heterocycles. The molecule has 3 nitrogen and oxygen atoms in total. The Bertz CT molecular complexity index is 551.